The maximum atomic E-state index is 6.02. The summed E-state index contributed by atoms with van der Waals surface area (Å²) in [6.07, 6.45) is 2.70. The van der Waals surface area contributed by atoms with E-state index in [0.29, 0.717) is 12.0 Å². The lowest BCUT2D eigenvalue weighted by atomic mass is 9.78. The smallest absolute Gasteiger partial charge is 0.191 e. The molecule has 2 N–H and O–H groups in total. The Labute approximate surface area is 147 Å². The molecule has 0 bridgehead atoms. The summed E-state index contributed by atoms with van der Waals surface area (Å²) in [7, 11) is 1.82. The average molecular weight is 411 g/mol. The van der Waals surface area contributed by atoms with Gasteiger partial charge in [0.15, 0.2) is 5.96 Å². The van der Waals surface area contributed by atoms with Crippen molar-refractivity contribution in [3.8, 4) is 0 Å². The lowest BCUT2D eigenvalue weighted by molar-refractivity contribution is -0.0835. The Bertz CT molecular complexity index is 331. The largest absolute Gasteiger partial charge is 0.377 e. The summed E-state index contributed by atoms with van der Waals surface area (Å²) >= 11 is 0. The summed E-state index contributed by atoms with van der Waals surface area (Å²) in [5.41, 5.74) is 0.210. The third-order valence-electron chi connectivity index (χ3n) is 3.55. The topological polar surface area (TPSA) is 45.7 Å². The predicted octanol–water partition coefficient (Wildman–Crippen LogP) is 3.41. The number of halogens is 1. The summed E-state index contributed by atoms with van der Waals surface area (Å²) in [4.78, 5) is 4.30. The van der Waals surface area contributed by atoms with Gasteiger partial charge in [0.05, 0.1) is 6.10 Å². The second-order valence-corrected chi connectivity index (χ2v) is 7.89. The van der Waals surface area contributed by atoms with Gasteiger partial charge in [0.2, 0.25) is 0 Å². The molecular formula is C16H34IN3O. The molecule has 0 radical (unpaired) electrons. The summed E-state index contributed by atoms with van der Waals surface area (Å²) < 4.78 is 6.02. The lowest BCUT2D eigenvalue weighted by Crippen LogP contribution is -2.51. The van der Waals surface area contributed by atoms with Gasteiger partial charge in [-0.05, 0) is 39.0 Å². The Morgan fingerprint density at radius 1 is 1.19 bits per heavy atom. The van der Waals surface area contributed by atoms with Crippen molar-refractivity contribution < 1.29 is 4.74 Å². The molecule has 21 heavy (non-hydrogen) atoms. The van der Waals surface area contributed by atoms with Crippen LogP contribution in [0.15, 0.2) is 4.99 Å². The number of nitrogens with zero attached hydrogens (tertiary/aromatic N) is 1. The molecule has 1 saturated heterocycles. The monoisotopic (exact) mass is 411 g/mol. The Morgan fingerprint density at radius 2 is 1.81 bits per heavy atom. The van der Waals surface area contributed by atoms with Gasteiger partial charge in [-0.3, -0.25) is 4.99 Å². The van der Waals surface area contributed by atoms with Gasteiger partial charge in [-0.2, -0.15) is 0 Å². The van der Waals surface area contributed by atoms with Crippen molar-refractivity contribution in [2.24, 2.45) is 16.3 Å². The first-order valence-corrected chi connectivity index (χ1v) is 7.74. The molecule has 0 spiro atoms. The van der Waals surface area contributed by atoms with Gasteiger partial charge >= 0.3 is 0 Å². The molecule has 4 nitrogen and oxygen atoms in total. The second kappa shape index (κ2) is 8.56. The number of guanidine groups is 1. The average Bonchev–Trinajstić information content (AvgIpc) is 2.32. The summed E-state index contributed by atoms with van der Waals surface area (Å²) in [5, 5.41) is 6.85. The molecule has 1 fully saturated rings. The van der Waals surface area contributed by atoms with Gasteiger partial charge in [-0.15, -0.1) is 24.0 Å². The molecule has 1 aliphatic rings. The van der Waals surface area contributed by atoms with Crippen LogP contribution in [-0.4, -0.2) is 37.8 Å². The maximum absolute atomic E-state index is 6.02. The fraction of sp³-hybridized carbons (Fsp3) is 0.938. The highest BCUT2D eigenvalue weighted by Gasteiger charge is 2.35. The van der Waals surface area contributed by atoms with Crippen LogP contribution in [0.1, 0.15) is 54.4 Å². The van der Waals surface area contributed by atoms with Gasteiger partial charge in [-0.25, -0.2) is 0 Å². The second-order valence-electron chi connectivity index (χ2n) is 7.89. The van der Waals surface area contributed by atoms with Gasteiger partial charge in [-0.1, -0.05) is 20.8 Å². The number of rotatable bonds is 2. The molecule has 1 rings (SSSR count). The van der Waals surface area contributed by atoms with Gasteiger partial charge in [0, 0.05) is 31.7 Å². The molecule has 2 unspecified atom stereocenters. The van der Waals surface area contributed by atoms with E-state index in [1.54, 1.807) is 0 Å². The predicted molar refractivity (Wildman–Crippen MR) is 102 cm³/mol. The molecule has 126 valence electrons. The minimum absolute atomic E-state index is 0. The minimum atomic E-state index is 0. The van der Waals surface area contributed by atoms with E-state index in [1.807, 2.05) is 7.05 Å². The summed E-state index contributed by atoms with van der Waals surface area (Å²) in [6.45, 7) is 15.0. The highest BCUT2D eigenvalue weighted by atomic mass is 127. The molecule has 0 aromatic carbocycles. The van der Waals surface area contributed by atoms with Crippen LogP contribution < -0.4 is 10.6 Å². The third kappa shape index (κ3) is 7.68. The zero-order chi connectivity index (χ0) is 15.4. The van der Waals surface area contributed by atoms with Crippen LogP contribution in [0.5, 0.6) is 0 Å². The number of nitrogens with one attached hydrogen (secondary N) is 2. The van der Waals surface area contributed by atoms with Crippen molar-refractivity contribution in [3.05, 3.63) is 0 Å². The van der Waals surface area contributed by atoms with Crippen LogP contribution in [0.25, 0.3) is 0 Å². The first-order valence-electron chi connectivity index (χ1n) is 7.74. The van der Waals surface area contributed by atoms with Crippen LogP contribution in [0.2, 0.25) is 0 Å². The number of ether oxygens (including phenoxy) is 1. The number of hydrogen-bond donors (Lipinski definition) is 2. The highest BCUT2D eigenvalue weighted by Crippen LogP contribution is 2.33. The molecule has 0 aliphatic carbocycles. The molecule has 0 saturated carbocycles. The van der Waals surface area contributed by atoms with E-state index >= 15 is 0 Å². The quantitative estimate of drug-likeness (QED) is 0.416. The van der Waals surface area contributed by atoms with Gasteiger partial charge < -0.3 is 15.4 Å². The van der Waals surface area contributed by atoms with Gasteiger partial charge in [0.25, 0.3) is 0 Å². The van der Waals surface area contributed by atoms with Gasteiger partial charge in [0.1, 0.15) is 0 Å². The Balaban J connectivity index is 0.00000400. The molecule has 2 atom stereocenters. The Morgan fingerprint density at radius 3 is 2.29 bits per heavy atom. The first kappa shape index (κ1) is 21.0. The SMILES string of the molecule is CN=C(NCC1CCCOC1C(C)(C)C)NC(C)(C)C.I. The lowest BCUT2D eigenvalue weighted by Gasteiger charge is -2.40. The van der Waals surface area contributed by atoms with E-state index < -0.39 is 0 Å². The standard InChI is InChI=1S/C16H33N3O.HI/c1-15(2,3)13-12(9-8-10-20-13)11-18-14(17-7)19-16(4,5)6;/h12-13H,8-11H2,1-7H3,(H2,17,18,19);1H. The molecule has 1 aliphatic heterocycles. The van der Waals surface area contributed by atoms with Crippen molar-refractivity contribution in [1.29, 1.82) is 0 Å². The molecule has 0 aromatic rings. The van der Waals surface area contributed by atoms with Crippen LogP contribution in [0.3, 0.4) is 0 Å². The van der Waals surface area contributed by atoms with E-state index in [4.69, 9.17) is 4.74 Å². The normalized spacial score (nSPS) is 24.2. The molecular weight excluding hydrogens is 377 g/mol. The molecule has 5 heteroatoms. The van der Waals surface area contributed by atoms with Crippen molar-refractivity contribution >= 4 is 29.9 Å². The van der Waals surface area contributed by atoms with E-state index in [9.17, 15) is 0 Å². The first-order chi connectivity index (χ1) is 9.13. The number of aliphatic imine (C=N–C) groups is 1. The maximum Gasteiger partial charge on any atom is 0.191 e. The molecule has 0 amide bonds. The number of hydrogen-bond acceptors (Lipinski definition) is 2. The molecule has 0 aromatic heterocycles. The van der Waals surface area contributed by atoms with E-state index in [1.165, 1.54) is 6.42 Å². The fourth-order valence-corrected chi connectivity index (χ4v) is 2.77. The van der Waals surface area contributed by atoms with E-state index in [-0.39, 0.29) is 34.9 Å². The van der Waals surface area contributed by atoms with Crippen LogP contribution in [0, 0.1) is 11.3 Å². The minimum Gasteiger partial charge on any atom is -0.377 e. The zero-order valence-electron chi connectivity index (χ0n) is 14.7. The van der Waals surface area contributed by atoms with Crippen molar-refractivity contribution in [1.82, 2.24) is 10.6 Å². The van der Waals surface area contributed by atoms with E-state index in [0.717, 1.165) is 25.5 Å². The van der Waals surface area contributed by atoms with Crippen LogP contribution in [0.4, 0.5) is 0 Å². The van der Waals surface area contributed by atoms with Crippen molar-refractivity contribution in [3.63, 3.8) is 0 Å². The van der Waals surface area contributed by atoms with Crippen LogP contribution >= 0.6 is 24.0 Å². The molecule has 1 heterocycles. The fourth-order valence-electron chi connectivity index (χ4n) is 2.77. The van der Waals surface area contributed by atoms with E-state index in [2.05, 4.69) is 57.2 Å². The zero-order valence-corrected chi connectivity index (χ0v) is 17.1. The summed E-state index contributed by atoms with van der Waals surface area (Å²) in [5.74, 6) is 1.41. The Kier molecular flexibility index (Phi) is 8.54. The van der Waals surface area contributed by atoms with Crippen molar-refractivity contribution in [2.75, 3.05) is 20.2 Å². The summed E-state index contributed by atoms with van der Waals surface area (Å²) in [6, 6.07) is 0. The Hall–Kier alpha value is -0.0400. The van der Waals surface area contributed by atoms with Crippen molar-refractivity contribution in [2.45, 2.75) is 66.0 Å². The highest BCUT2D eigenvalue weighted by molar-refractivity contribution is 14.0. The van der Waals surface area contributed by atoms with Crippen LogP contribution in [-0.2, 0) is 4.74 Å². The third-order valence-corrected chi connectivity index (χ3v) is 3.55.